The molecule has 1 fully saturated rings. The molecule has 0 saturated heterocycles. The molecule has 1 spiro atoms. The minimum Gasteiger partial charge on any atom is -0.383 e. The van der Waals surface area contributed by atoms with E-state index in [2.05, 4.69) is 15.3 Å². The summed E-state index contributed by atoms with van der Waals surface area (Å²) in [6.45, 7) is 0. The van der Waals surface area contributed by atoms with Crippen molar-refractivity contribution in [2.75, 3.05) is 11.1 Å². The lowest BCUT2D eigenvalue weighted by Crippen LogP contribution is -2.40. The first kappa shape index (κ1) is 17.7. The van der Waals surface area contributed by atoms with Crippen molar-refractivity contribution in [3.63, 3.8) is 0 Å². The molecule has 140 valence electrons. The van der Waals surface area contributed by atoms with Crippen LogP contribution < -0.4 is 16.6 Å². The zero-order valence-corrected chi connectivity index (χ0v) is 15.3. The highest BCUT2D eigenvalue weighted by atomic mass is 35.5. The fourth-order valence-corrected chi connectivity index (χ4v) is 4.54. The van der Waals surface area contributed by atoms with Crippen LogP contribution in [0.1, 0.15) is 54.6 Å². The molecule has 0 aromatic carbocycles. The summed E-state index contributed by atoms with van der Waals surface area (Å²) in [6, 6.07) is 1.45. The first-order chi connectivity index (χ1) is 13.0. The number of fused-ring (bicyclic) bond motifs is 2. The molecule has 27 heavy (non-hydrogen) atoms. The summed E-state index contributed by atoms with van der Waals surface area (Å²) >= 11 is 6.39. The maximum absolute atomic E-state index is 13.3. The standard InChI is InChI=1S/C18H19ClN6O2/c19-11-6-12(24-16-10(8-20)15(21)22-9-23-16)17(27)25-14(11)13(26)7-18(25)4-2-1-3-5-18/h6,8-9,20H,1-5,7H2,(H3,21,22,23,24). The summed E-state index contributed by atoms with van der Waals surface area (Å²) in [5.74, 6) is 0.291. The van der Waals surface area contributed by atoms with E-state index in [0.29, 0.717) is 12.1 Å². The van der Waals surface area contributed by atoms with E-state index in [4.69, 9.17) is 22.7 Å². The Labute approximate surface area is 160 Å². The highest BCUT2D eigenvalue weighted by Gasteiger charge is 2.46. The van der Waals surface area contributed by atoms with Gasteiger partial charge < -0.3 is 16.5 Å². The third kappa shape index (κ3) is 2.71. The minimum atomic E-state index is -0.488. The second-order valence-corrected chi connectivity index (χ2v) is 7.48. The zero-order valence-electron chi connectivity index (χ0n) is 14.6. The number of pyridine rings is 1. The van der Waals surface area contributed by atoms with Crippen LogP contribution in [-0.2, 0) is 5.54 Å². The van der Waals surface area contributed by atoms with Crippen LogP contribution in [0.3, 0.4) is 0 Å². The number of Topliss-reactive ketones (excluding diaryl/α,β-unsaturated/α-hetero) is 1. The molecular weight excluding hydrogens is 368 g/mol. The molecule has 0 amide bonds. The van der Waals surface area contributed by atoms with Crippen LogP contribution in [0.2, 0.25) is 5.02 Å². The predicted molar refractivity (Wildman–Crippen MR) is 103 cm³/mol. The van der Waals surface area contributed by atoms with Gasteiger partial charge in [0, 0.05) is 12.6 Å². The number of rotatable bonds is 3. The van der Waals surface area contributed by atoms with Crippen LogP contribution in [0.5, 0.6) is 0 Å². The number of nitrogens with one attached hydrogen (secondary N) is 2. The van der Waals surface area contributed by atoms with Gasteiger partial charge in [-0.2, -0.15) is 0 Å². The van der Waals surface area contributed by atoms with E-state index >= 15 is 0 Å². The van der Waals surface area contributed by atoms with Crippen molar-refractivity contribution in [1.29, 1.82) is 5.41 Å². The van der Waals surface area contributed by atoms with Crippen molar-refractivity contribution in [1.82, 2.24) is 14.5 Å². The van der Waals surface area contributed by atoms with Gasteiger partial charge in [0.05, 0.1) is 16.1 Å². The third-order valence-corrected chi connectivity index (χ3v) is 5.77. The maximum atomic E-state index is 13.3. The highest BCUT2D eigenvalue weighted by molar-refractivity contribution is 6.34. The van der Waals surface area contributed by atoms with Gasteiger partial charge in [-0.25, -0.2) is 9.97 Å². The largest absolute Gasteiger partial charge is 0.383 e. The Morgan fingerprint density at radius 3 is 2.70 bits per heavy atom. The number of halogens is 1. The lowest BCUT2D eigenvalue weighted by atomic mass is 9.80. The average Bonchev–Trinajstić information content (AvgIpc) is 2.92. The topological polar surface area (TPSA) is 127 Å². The van der Waals surface area contributed by atoms with Gasteiger partial charge in [-0.3, -0.25) is 14.2 Å². The fraction of sp³-hybridized carbons (Fsp3) is 0.389. The fourth-order valence-electron chi connectivity index (χ4n) is 4.24. The quantitative estimate of drug-likeness (QED) is 0.696. The Morgan fingerprint density at radius 1 is 1.26 bits per heavy atom. The molecule has 0 atom stereocenters. The van der Waals surface area contributed by atoms with Gasteiger partial charge in [-0.05, 0) is 18.9 Å². The molecule has 2 aromatic heterocycles. The molecule has 2 aromatic rings. The summed E-state index contributed by atoms with van der Waals surface area (Å²) in [4.78, 5) is 33.8. The Bertz CT molecular complexity index is 1010. The van der Waals surface area contributed by atoms with Crippen LogP contribution in [0, 0.1) is 5.41 Å². The smallest absolute Gasteiger partial charge is 0.275 e. The maximum Gasteiger partial charge on any atom is 0.275 e. The number of anilines is 3. The number of hydrogen-bond acceptors (Lipinski definition) is 7. The molecule has 1 aliphatic carbocycles. The molecule has 3 heterocycles. The van der Waals surface area contributed by atoms with E-state index < -0.39 is 5.54 Å². The molecule has 4 rings (SSSR count). The molecule has 1 aliphatic heterocycles. The van der Waals surface area contributed by atoms with Crippen molar-refractivity contribution >= 4 is 40.9 Å². The van der Waals surface area contributed by atoms with Crippen molar-refractivity contribution in [2.45, 2.75) is 44.1 Å². The summed E-state index contributed by atoms with van der Waals surface area (Å²) in [6.07, 6.45) is 7.24. The van der Waals surface area contributed by atoms with Gasteiger partial charge in [-0.1, -0.05) is 30.9 Å². The second kappa shape index (κ2) is 6.45. The molecular formula is C18H19ClN6O2. The second-order valence-electron chi connectivity index (χ2n) is 7.07. The number of nitrogens with zero attached hydrogens (tertiary/aromatic N) is 3. The lowest BCUT2D eigenvalue weighted by Gasteiger charge is -2.35. The number of nitrogens with two attached hydrogens (primary N) is 1. The molecule has 2 aliphatic rings. The Balaban J connectivity index is 1.86. The van der Waals surface area contributed by atoms with E-state index in [0.717, 1.165) is 38.3 Å². The number of ketones is 1. The van der Waals surface area contributed by atoms with Gasteiger partial charge in [-0.15, -0.1) is 0 Å². The van der Waals surface area contributed by atoms with E-state index in [1.165, 1.54) is 12.4 Å². The number of carbonyl (C=O) groups excluding carboxylic acids is 1. The van der Waals surface area contributed by atoms with Gasteiger partial charge in [0.25, 0.3) is 5.56 Å². The molecule has 1 saturated carbocycles. The van der Waals surface area contributed by atoms with Gasteiger partial charge >= 0.3 is 0 Å². The van der Waals surface area contributed by atoms with Crippen LogP contribution >= 0.6 is 11.6 Å². The summed E-state index contributed by atoms with van der Waals surface area (Å²) in [7, 11) is 0. The number of nitrogen functional groups attached to an aromatic ring is 1. The molecule has 0 radical (unpaired) electrons. The van der Waals surface area contributed by atoms with Gasteiger partial charge in [0.2, 0.25) is 0 Å². The van der Waals surface area contributed by atoms with E-state index in [-0.39, 0.29) is 39.3 Å². The normalized spacial score (nSPS) is 17.7. The molecule has 0 unspecified atom stereocenters. The van der Waals surface area contributed by atoms with Crippen molar-refractivity contribution in [3.8, 4) is 0 Å². The highest BCUT2D eigenvalue weighted by Crippen LogP contribution is 2.44. The lowest BCUT2D eigenvalue weighted by molar-refractivity contribution is 0.0950. The monoisotopic (exact) mass is 386 g/mol. The number of aromatic nitrogens is 3. The van der Waals surface area contributed by atoms with Gasteiger partial charge in [0.1, 0.15) is 29.3 Å². The molecule has 8 nitrogen and oxygen atoms in total. The van der Waals surface area contributed by atoms with Crippen LogP contribution in [-0.4, -0.2) is 26.5 Å². The summed E-state index contributed by atoms with van der Waals surface area (Å²) in [5.41, 5.74) is 5.75. The Morgan fingerprint density at radius 2 is 2.00 bits per heavy atom. The van der Waals surface area contributed by atoms with Crippen molar-refractivity contribution in [2.24, 2.45) is 0 Å². The number of carbonyl (C=O) groups is 1. The zero-order chi connectivity index (χ0) is 19.2. The van der Waals surface area contributed by atoms with E-state index in [9.17, 15) is 9.59 Å². The number of hydrogen-bond donors (Lipinski definition) is 3. The van der Waals surface area contributed by atoms with Crippen molar-refractivity contribution in [3.05, 3.63) is 39.0 Å². The summed E-state index contributed by atoms with van der Waals surface area (Å²) in [5, 5.41) is 10.7. The van der Waals surface area contributed by atoms with Crippen LogP contribution in [0.4, 0.5) is 17.3 Å². The SMILES string of the molecule is N=Cc1c(N)ncnc1Nc1cc(Cl)c2n(c1=O)C1(CCCCC1)CC2=O. The Kier molecular flexibility index (Phi) is 4.22. The third-order valence-electron chi connectivity index (χ3n) is 5.48. The molecule has 9 heteroatoms. The average molecular weight is 387 g/mol. The van der Waals surface area contributed by atoms with E-state index in [1.54, 1.807) is 4.57 Å². The predicted octanol–water partition coefficient (Wildman–Crippen LogP) is 2.86. The van der Waals surface area contributed by atoms with Crippen LogP contribution in [0.25, 0.3) is 0 Å². The first-order valence-electron chi connectivity index (χ1n) is 8.84. The van der Waals surface area contributed by atoms with Gasteiger partial charge in [0.15, 0.2) is 5.78 Å². The van der Waals surface area contributed by atoms with Crippen LogP contribution in [0.15, 0.2) is 17.2 Å². The minimum absolute atomic E-state index is 0.0861. The Hall–Kier alpha value is -2.74. The molecule has 0 bridgehead atoms. The van der Waals surface area contributed by atoms with Crippen molar-refractivity contribution < 1.29 is 4.79 Å². The summed E-state index contributed by atoms with van der Waals surface area (Å²) < 4.78 is 1.59. The first-order valence-corrected chi connectivity index (χ1v) is 9.22. The molecule has 4 N–H and O–H groups in total. The van der Waals surface area contributed by atoms with E-state index in [1.807, 2.05) is 0 Å².